The third-order valence-corrected chi connectivity index (χ3v) is 3.77. The third kappa shape index (κ3) is 4.72. The summed E-state index contributed by atoms with van der Waals surface area (Å²) >= 11 is 9.18. The maximum atomic E-state index is 11.7. The molecule has 19 heavy (non-hydrogen) atoms. The van der Waals surface area contributed by atoms with Crippen LogP contribution in [0.25, 0.3) is 0 Å². The smallest absolute Gasteiger partial charge is 0.319 e. The third-order valence-electron chi connectivity index (χ3n) is 2.37. The average molecular weight is 350 g/mol. The van der Waals surface area contributed by atoms with Crippen molar-refractivity contribution < 1.29 is 14.3 Å². The van der Waals surface area contributed by atoms with Gasteiger partial charge in [-0.1, -0.05) is 24.6 Å². The topological polar surface area (TPSA) is 67.4 Å². The zero-order chi connectivity index (χ0) is 14.4. The normalized spacial score (nSPS) is 11.6. The minimum Gasteiger partial charge on any atom is -0.469 e. The number of carbonyl (C=O) groups is 2. The zero-order valence-corrected chi connectivity index (χ0v) is 12.8. The number of methoxy groups -OCH3 is 1. The van der Waals surface area contributed by atoms with Gasteiger partial charge in [0.1, 0.15) is 0 Å². The molecule has 7 heteroatoms. The zero-order valence-electron chi connectivity index (χ0n) is 10.5. The van der Waals surface area contributed by atoms with Gasteiger partial charge in [0.15, 0.2) is 0 Å². The van der Waals surface area contributed by atoms with Gasteiger partial charge in [-0.25, -0.2) is 4.79 Å². The van der Waals surface area contributed by atoms with E-state index in [1.54, 1.807) is 25.1 Å². The molecule has 0 aliphatic heterocycles. The van der Waals surface area contributed by atoms with E-state index in [9.17, 15) is 9.59 Å². The molecule has 2 amide bonds. The first-order valence-corrected chi connectivity index (χ1v) is 6.69. The molecule has 0 bridgehead atoms. The summed E-state index contributed by atoms with van der Waals surface area (Å²) in [4.78, 5) is 22.8. The summed E-state index contributed by atoms with van der Waals surface area (Å²) in [7, 11) is 1.31. The number of hydrogen-bond donors (Lipinski definition) is 2. The van der Waals surface area contributed by atoms with Gasteiger partial charge >= 0.3 is 12.0 Å². The number of halogens is 2. The summed E-state index contributed by atoms with van der Waals surface area (Å²) in [6.45, 7) is 1.86. The number of rotatable bonds is 4. The minimum absolute atomic E-state index is 0.191. The van der Waals surface area contributed by atoms with E-state index < -0.39 is 11.9 Å². The molecule has 0 radical (unpaired) electrons. The van der Waals surface area contributed by atoms with Gasteiger partial charge in [-0.3, -0.25) is 4.79 Å². The van der Waals surface area contributed by atoms with Crippen molar-refractivity contribution >= 4 is 45.2 Å². The van der Waals surface area contributed by atoms with Crippen LogP contribution in [-0.2, 0) is 9.53 Å². The van der Waals surface area contributed by atoms with Crippen molar-refractivity contribution in [3.63, 3.8) is 0 Å². The quantitative estimate of drug-likeness (QED) is 0.821. The molecule has 104 valence electrons. The molecule has 0 spiro atoms. The fraction of sp³-hybridized carbons (Fsp3) is 0.333. The van der Waals surface area contributed by atoms with Crippen molar-refractivity contribution in [2.45, 2.75) is 6.92 Å². The predicted molar refractivity (Wildman–Crippen MR) is 77.4 cm³/mol. The number of benzene rings is 1. The number of nitrogens with one attached hydrogen (secondary N) is 2. The Morgan fingerprint density at radius 3 is 2.79 bits per heavy atom. The Bertz CT molecular complexity index is 482. The van der Waals surface area contributed by atoms with E-state index in [-0.39, 0.29) is 12.5 Å². The lowest BCUT2D eigenvalue weighted by atomic mass is 10.2. The first-order chi connectivity index (χ1) is 8.95. The maximum Gasteiger partial charge on any atom is 0.319 e. The second kappa shape index (κ2) is 7.35. The molecular weight excluding hydrogens is 336 g/mol. The molecule has 0 saturated heterocycles. The van der Waals surface area contributed by atoms with E-state index >= 15 is 0 Å². The van der Waals surface area contributed by atoms with Crippen LogP contribution in [0.3, 0.4) is 0 Å². The maximum absolute atomic E-state index is 11.7. The number of amides is 2. The van der Waals surface area contributed by atoms with Gasteiger partial charge in [-0.15, -0.1) is 0 Å². The van der Waals surface area contributed by atoms with Crippen LogP contribution in [0, 0.1) is 5.92 Å². The Balaban J connectivity index is 2.52. The summed E-state index contributed by atoms with van der Waals surface area (Å²) in [6.07, 6.45) is 0. The van der Waals surface area contributed by atoms with Crippen LogP contribution >= 0.6 is 27.5 Å². The number of carbonyl (C=O) groups excluding carboxylic acids is 2. The molecule has 0 heterocycles. The first-order valence-electron chi connectivity index (χ1n) is 5.52. The molecule has 0 fully saturated rings. The molecular formula is C12H14BrClN2O3. The molecule has 1 aromatic rings. The number of esters is 1. The molecule has 0 aliphatic carbocycles. The van der Waals surface area contributed by atoms with E-state index in [1.165, 1.54) is 7.11 Å². The van der Waals surface area contributed by atoms with Crippen LogP contribution in [-0.4, -0.2) is 25.7 Å². The molecule has 2 N–H and O–H groups in total. The lowest BCUT2D eigenvalue weighted by Crippen LogP contribution is -2.35. The van der Waals surface area contributed by atoms with E-state index in [4.69, 9.17) is 11.6 Å². The second-order valence-corrected chi connectivity index (χ2v) is 5.06. The van der Waals surface area contributed by atoms with E-state index in [0.29, 0.717) is 15.2 Å². The SMILES string of the molecule is COC(=O)[C@@H](C)CNC(=O)Nc1cccc(Cl)c1Br. The Labute approximate surface area is 124 Å². The Morgan fingerprint density at radius 1 is 1.47 bits per heavy atom. The van der Waals surface area contributed by atoms with Crippen molar-refractivity contribution in [2.24, 2.45) is 5.92 Å². The first kappa shape index (κ1) is 15.8. The van der Waals surface area contributed by atoms with Crippen molar-refractivity contribution in [1.82, 2.24) is 5.32 Å². The van der Waals surface area contributed by atoms with E-state index in [1.807, 2.05) is 0 Å². The van der Waals surface area contributed by atoms with Gasteiger partial charge in [-0.2, -0.15) is 0 Å². The van der Waals surface area contributed by atoms with Crippen molar-refractivity contribution in [1.29, 1.82) is 0 Å². The molecule has 0 saturated carbocycles. The lowest BCUT2D eigenvalue weighted by molar-refractivity contribution is -0.144. The van der Waals surface area contributed by atoms with Crippen LogP contribution in [0.2, 0.25) is 5.02 Å². The van der Waals surface area contributed by atoms with Crippen molar-refractivity contribution in [2.75, 3.05) is 19.0 Å². The number of urea groups is 1. The molecule has 1 rings (SSSR count). The highest BCUT2D eigenvalue weighted by Crippen LogP contribution is 2.29. The fourth-order valence-corrected chi connectivity index (χ4v) is 1.84. The van der Waals surface area contributed by atoms with Crippen LogP contribution in [0.4, 0.5) is 10.5 Å². The Morgan fingerprint density at radius 2 is 2.16 bits per heavy atom. The summed E-state index contributed by atoms with van der Waals surface area (Å²) < 4.78 is 5.17. The van der Waals surface area contributed by atoms with Gasteiger partial charge in [0.2, 0.25) is 0 Å². The monoisotopic (exact) mass is 348 g/mol. The van der Waals surface area contributed by atoms with Crippen LogP contribution < -0.4 is 10.6 Å². The highest BCUT2D eigenvalue weighted by molar-refractivity contribution is 9.10. The van der Waals surface area contributed by atoms with Crippen LogP contribution in [0.5, 0.6) is 0 Å². The van der Waals surface area contributed by atoms with Gasteiger partial charge in [0.25, 0.3) is 0 Å². The molecule has 0 unspecified atom stereocenters. The number of anilines is 1. The number of ether oxygens (including phenoxy) is 1. The predicted octanol–water partition coefficient (Wildman–Crippen LogP) is 3.03. The summed E-state index contributed by atoms with van der Waals surface area (Å²) in [5, 5.41) is 5.71. The van der Waals surface area contributed by atoms with E-state index in [2.05, 4.69) is 31.3 Å². The summed E-state index contributed by atoms with van der Waals surface area (Å²) in [5.41, 5.74) is 0.552. The summed E-state index contributed by atoms with van der Waals surface area (Å²) in [6, 6.07) is 4.71. The number of hydrogen-bond acceptors (Lipinski definition) is 3. The standard InChI is InChI=1S/C12H14BrClN2O3/c1-7(11(17)19-2)6-15-12(18)16-9-5-3-4-8(14)10(9)13/h3-5,7H,6H2,1-2H3,(H2,15,16,18)/t7-/m0/s1. The second-order valence-electron chi connectivity index (χ2n) is 3.86. The lowest BCUT2D eigenvalue weighted by Gasteiger charge is -2.12. The van der Waals surface area contributed by atoms with Gasteiger partial charge in [0.05, 0.1) is 28.2 Å². The van der Waals surface area contributed by atoms with Gasteiger partial charge in [-0.05, 0) is 28.1 Å². The fourth-order valence-electron chi connectivity index (χ4n) is 1.30. The van der Waals surface area contributed by atoms with Crippen LogP contribution in [0.1, 0.15) is 6.92 Å². The highest BCUT2D eigenvalue weighted by Gasteiger charge is 2.14. The van der Waals surface area contributed by atoms with E-state index in [0.717, 1.165) is 0 Å². The minimum atomic E-state index is -0.418. The Hall–Kier alpha value is -1.27. The molecule has 1 atom stereocenters. The summed E-state index contributed by atoms with van der Waals surface area (Å²) in [5.74, 6) is -0.775. The molecule has 0 aliphatic rings. The molecule has 1 aromatic carbocycles. The van der Waals surface area contributed by atoms with Gasteiger partial charge in [0, 0.05) is 6.54 Å². The molecule has 5 nitrogen and oxygen atoms in total. The molecule has 0 aromatic heterocycles. The average Bonchev–Trinajstić information content (AvgIpc) is 2.40. The van der Waals surface area contributed by atoms with Crippen molar-refractivity contribution in [3.05, 3.63) is 27.7 Å². The largest absolute Gasteiger partial charge is 0.469 e. The van der Waals surface area contributed by atoms with Crippen molar-refractivity contribution in [3.8, 4) is 0 Å². The highest BCUT2D eigenvalue weighted by atomic mass is 79.9. The van der Waals surface area contributed by atoms with Crippen LogP contribution in [0.15, 0.2) is 22.7 Å². The Kier molecular flexibility index (Phi) is 6.11. The van der Waals surface area contributed by atoms with Gasteiger partial charge < -0.3 is 15.4 Å².